The molecule has 5 heteroatoms. The predicted molar refractivity (Wildman–Crippen MR) is 84.6 cm³/mol. The van der Waals surface area contributed by atoms with Gasteiger partial charge in [0.1, 0.15) is 0 Å². The van der Waals surface area contributed by atoms with Gasteiger partial charge in [-0.3, -0.25) is 9.78 Å². The third-order valence-corrected chi connectivity index (χ3v) is 3.46. The number of aromatic nitrogens is 2. The van der Waals surface area contributed by atoms with E-state index in [0.717, 1.165) is 42.1 Å². The van der Waals surface area contributed by atoms with Gasteiger partial charge in [0.2, 0.25) is 0 Å². The largest absolute Gasteiger partial charge is 0.383 e. The lowest BCUT2D eigenvalue weighted by Crippen LogP contribution is -2.22. The summed E-state index contributed by atoms with van der Waals surface area (Å²) in [6.45, 7) is 6.07. The highest BCUT2D eigenvalue weighted by molar-refractivity contribution is 5.94. The summed E-state index contributed by atoms with van der Waals surface area (Å²) in [5.41, 5.74) is 4.13. The second kappa shape index (κ2) is 7.04. The van der Waals surface area contributed by atoms with Gasteiger partial charge in [0.25, 0.3) is 0 Å². The van der Waals surface area contributed by atoms with Crippen molar-refractivity contribution in [2.45, 2.75) is 20.4 Å². The lowest BCUT2D eigenvalue weighted by Gasteiger charge is -2.10. The van der Waals surface area contributed by atoms with Gasteiger partial charge in [-0.1, -0.05) is 0 Å². The van der Waals surface area contributed by atoms with Crippen LogP contribution in [0.3, 0.4) is 0 Å². The molecule has 21 heavy (non-hydrogen) atoms. The van der Waals surface area contributed by atoms with E-state index in [9.17, 15) is 4.79 Å². The molecule has 0 saturated carbocycles. The smallest absolute Gasteiger partial charge is 0.161 e. The van der Waals surface area contributed by atoms with Gasteiger partial charge in [-0.2, -0.15) is 0 Å². The molecule has 2 aromatic rings. The van der Waals surface area contributed by atoms with Crippen molar-refractivity contribution >= 4 is 11.5 Å². The number of pyridine rings is 1. The fraction of sp³-hybridized carbons (Fsp3) is 0.375. The Bertz CT molecular complexity index is 618. The van der Waals surface area contributed by atoms with Crippen molar-refractivity contribution in [3.63, 3.8) is 0 Å². The third-order valence-electron chi connectivity index (χ3n) is 3.46. The number of carbonyl (C=O) groups is 1. The third kappa shape index (κ3) is 4.16. The van der Waals surface area contributed by atoms with E-state index in [1.165, 1.54) is 0 Å². The maximum atomic E-state index is 11.3. The molecule has 0 fully saturated rings. The first kappa shape index (κ1) is 15.3. The van der Waals surface area contributed by atoms with E-state index < -0.39 is 0 Å². The van der Waals surface area contributed by atoms with E-state index >= 15 is 0 Å². The molecule has 0 aliphatic carbocycles. The molecule has 0 bridgehead atoms. The van der Waals surface area contributed by atoms with E-state index in [2.05, 4.69) is 15.6 Å². The van der Waals surface area contributed by atoms with Crippen molar-refractivity contribution in [1.29, 1.82) is 0 Å². The molecular formula is C16H22N4O. The quantitative estimate of drug-likeness (QED) is 0.605. The maximum Gasteiger partial charge on any atom is 0.161 e. The Morgan fingerprint density at radius 3 is 2.86 bits per heavy atom. The minimum absolute atomic E-state index is 0.103. The van der Waals surface area contributed by atoms with Crippen molar-refractivity contribution < 1.29 is 4.79 Å². The number of ketones is 1. The Balaban J connectivity index is 1.75. The molecule has 0 spiro atoms. The normalized spacial score (nSPS) is 10.6. The molecule has 0 radical (unpaired) electrons. The molecule has 0 atom stereocenters. The first-order valence-electron chi connectivity index (χ1n) is 7.09. The number of nitrogens with zero attached hydrogens (tertiary/aromatic N) is 2. The van der Waals surface area contributed by atoms with Crippen molar-refractivity contribution in [1.82, 2.24) is 14.9 Å². The van der Waals surface area contributed by atoms with Crippen molar-refractivity contribution in [3.05, 3.63) is 47.5 Å². The van der Waals surface area contributed by atoms with Crippen LogP contribution in [0.15, 0.2) is 30.7 Å². The predicted octanol–water partition coefficient (Wildman–Crippen LogP) is 2.13. The summed E-state index contributed by atoms with van der Waals surface area (Å²) in [4.78, 5) is 15.4. The van der Waals surface area contributed by atoms with Gasteiger partial charge in [-0.15, -0.1) is 0 Å². The summed E-state index contributed by atoms with van der Waals surface area (Å²) >= 11 is 0. The van der Waals surface area contributed by atoms with Crippen LogP contribution in [-0.4, -0.2) is 28.4 Å². The fourth-order valence-electron chi connectivity index (χ4n) is 2.15. The Kier molecular flexibility index (Phi) is 5.11. The monoisotopic (exact) mass is 286 g/mol. The molecule has 112 valence electrons. The summed E-state index contributed by atoms with van der Waals surface area (Å²) in [5.74, 6) is 0.103. The zero-order chi connectivity index (χ0) is 15.2. The Morgan fingerprint density at radius 2 is 2.19 bits per heavy atom. The number of Topliss-reactive ketones (excluding diaryl/α,β-unsaturated/α-hetero) is 1. The van der Waals surface area contributed by atoms with Crippen molar-refractivity contribution in [2.75, 3.05) is 18.4 Å². The molecule has 2 aromatic heterocycles. The molecule has 0 aliphatic heterocycles. The van der Waals surface area contributed by atoms with Crippen LogP contribution in [0.25, 0.3) is 0 Å². The molecule has 2 N–H and O–H groups in total. The molecule has 5 nitrogen and oxygen atoms in total. The highest BCUT2D eigenvalue weighted by Crippen LogP contribution is 2.10. The number of rotatable bonds is 7. The van der Waals surface area contributed by atoms with E-state index in [-0.39, 0.29) is 5.78 Å². The van der Waals surface area contributed by atoms with Crippen LogP contribution < -0.4 is 10.6 Å². The summed E-state index contributed by atoms with van der Waals surface area (Å²) in [7, 11) is 1.96. The number of carbonyl (C=O) groups excluding carboxylic acids is 1. The van der Waals surface area contributed by atoms with Gasteiger partial charge in [-0.05, 0) is 31.5 Å². The maximum absolute atomic E-state index is 11.3. The fourth-order valence-corrected chi connectivity index (χ4v) is 2.15. The van der Waals surface area contributed by atoms with Crippen LogP contribution in [-0.2, 0) is 13.6 Å². The number of anilines is 1. The zero-order valence-electron chi connectivity index (χ0n) is 12.8. The van der Waals surface area contributed by atoms with Crippen LogP contribution in [0.1, 0.15) is 28.5 Å². The Morgan fingerprint density at radius 1 is 1.38 bits per heavy atom. The lowest BCUT2D eigenvalue weighted by molar-refractivity contribution is 0.101. The van der Waals surface area contributed by atoms with E-state index in [1.807, 2.05) is 43.1 Å². The average molecular weight is 286 g/mol. The minimum Gasteiger partial charge on any atom is -0.383 e. The van der Waals surface area contributed by atoms with Gasteiger partial charge >= 0.3 is 0 Å². The van der Waals surface area contributed by atoms with Gasteiger partial charge in [-0.25, -0.2) is 0 Å². The second-order valence-corrected chi connectivity index (χ2v) is 5.18. The van der Waals surface area contributed by atoms with Gasteiger partial charge in [0.05, 0.1) is 0 Å². The molecule has 0 amide bonds. The zero-order valence-corrected chi connectivity index (χ0v) is 12.8. The summed E-state index contributed by atoms with van der Waals surface area (Å²) in [5, 5.41) is 6.75. The van der Waals surface area contributed by atoms with Crippen LogP contribution in [0.2, 0.25) is 0 Å². The van der Waals surface area contributed by atoms with Gasteiger partial charge < -0.3 is 15.2 Å². The number of aryl methyl sites for hydroxylation is 2. The molecule has 2 rings (SSSR count). The minimum atomic E-state index is 0.103. The number of hydrogen-bond donors (Lipinski definition) is 2. The van der Waals surface area contributed by atoms with Crippen LogP contribution >= 0.6 is 0 Å². The summed E-state index contributed by atoms with van der Waals surface area (Å²) < 4.78 is 1.99. The van der Waals surface area contributed by atoms with Gasteiger partial charge in [0, 0.05) is 62.2 Å². The first-order chi connectivity index (χ1) is 10.1. The van der Waals surface area contributed by atoms with E-state index in [4.69, 9.17) is 0 Å². The Labute approximate surface area is 125 Å². The SMILES string of the molecule is CC(=O)c1cc(CNCCNc2ccncc2C)n(C)c1. The molecular weight excluding hydrogens is 264 g/mol. The van der Waals surface area contributed by atoms with Crippen molar-refractivity contribution in [2.24, 2.45) is 7.05 Å². The van der Waals surface area contributed by atoms with E-state index in [1.54, 1.807) is 13.1 Å². The highest BCUT2D eigenvalue weighted by Gasteiger charge is 2.06. The molecule has 0 aliphatic rings. The second-order valence-electron chi connectivity index (χ2n) is 5.18. The standard InChI is InChI=1S/C16H22N4O/c1-12-9-17-5-4-16(12)19-7-6-18-10-15-8-14(13(2)21)11-20(15)3/h4-5,8-9,11,18H,6-7,10H2,1-3H3,(H,17,19). The molecule has 2 heterocycles. The first-order valence-corrected chi connectivity index (χ1v) is 7.09. The van der Waals surface area contributed by atoms with Crippen LogP contribution in [0, 0.1) is 6.92 Å². The highest BCUT2D eigenvalue weighted by atomic mass is 16.1. The lowest BCUT2D eigenvalue weighted by atomic mass is 10.2. The summed E-state index contributed by atoms with van der Waals surface area (Å²) in [6, 6.07) is 3.92. The van der Waals surface area contributed by atoms with Crippen molar-refractivity contribution in [3.8, 4) is 0 Å². The topological polar surface area (TPSA) is 59.0 Å². The molecule has 0 aromatic carbocycles. The van der Waals surface area contributed by atoms with Crippen LogP contribution in [0.4, 0.5) is 5.69 Å². The van der Waals surface area contributed by atoms with Gasteiger partial charge in [0.15, 0.2) is 5.78 Å². The average Bonchev–Trinajstić information content (AvgIpc) is 2.82. The Hall–Kier alpha value is -2.14. The number of hydrogen-bond acceptors (Lipinski definition) is 4. The van der Waals surface area contributed by atoms with E-state index in [0.29, 0.717) is 0 Å². The summed E-state index contributed by atoms with van der Waals surface area (Å²) in [6.07, 6.45) is 5.51. The molecule has 0 saturated heterocycles. The molecule has 0 unspecified atom stereocenters. The number of nitrogens with one attached hydrogen (secondary N) is 2. The van der Waals surface area contributed by atoms with Crippen LogP contribution in [0.5, 0.6) is 0 Å².